The van der Waals surface area contributed by atoms with Crippen LogP contribution >= 0.6 is 0 Å². The lowest BCUT2D eigenvalue weighted by Gasteiger charge is -2.09. The smallest absolute Gasteiger partial charge is 0.308 e. The third-order valence-corrected chi connectivity index (χ3v) is 7.43. The Bertz CT molecular complexity index is 386. The maximum atomic E-state index is 11.8. The number of ether oxygens (including phenoxy) is 1. The first-order chi connectivity index (χ1) is 15.8. The molecule has 0 aromatic heterocycles. The van der Waals surface area contributed by atoms with Crippen LogP contribution in [0.1, 0.15) is 174 Å². The third kappa shape index (κ3) is 19.0. The molecule has 1 aliphatic carbocycles. The standard InChI is InChI=1S/C30H58O2/c1-2-3-4-5-6-7-8-9-10-11-12-13-14-15-16-17-18-19-20-21-22-25-28-32-30(31)29-26-23-24-27-29/h29H,2-28H2,1H3. The predicted octanol–water partition coefficient (Wildman–Crippen LogP) is 10.3. The molecule has 1 aliphatic rings. The van der Waals surface area contributed by atoms with Gasteiger partial charge >= 0.3 is 5.97 Å². The van der Waals surface area contributed by atoms with Gasteiger partial charge in [-0.1, -0.05) is 155 Å². The van der Waals surface area contributed by atoms with Crippen molar-refractivity contribution in [1.29, 1.82) is 0 Å². The molecule has 2 heteroatoms. The molecule has 0 atom stereocenters. The minimum absolute atomic E-state index is 0.0750. The summed E-state index contributed by atoms with van der Waals surface area (Å²) in [6.45, 7) is 2.94. The molecule has 0 amide bonds. The zero-order chi connectivity index (χ0) is 23.0. The highest BCUT2D eigenvalue weighted by Gasteiger charge is 2.23. The second-order valence-corrected chi connectivity index (χ2v) is 10.6. The Hall–Kier alpha value is -0.530. The van der Waals surface area contributed by atoms with Gasteiger partial charge in [-0.05, 0) is 19.3 Å². The Kier molecular flexibility index (Phi) is 21.8. The number of hydrogen-bond donors (Lipinski definition) is 0. The second kappa shape index (κ2) is 23.6. The van der Waals surface area contributed by atoms with Gasteiger partial charge in [-0.25, -0.2) is 0 Å². The molecule has 0 radical (unpaired) electrons. The first kappa shape index (κ1) is 29.5. The van der Waals surface area contributed by atoms with Crippen LogP contribution in [0.4, 0.5) is 0 Å². The minimum atomic E-state index is 0.0750. The molecule has 32 heavy (non-hydrogen) atoms. The normalized spacial score (nSPS) is 14.3. The molecule has 2 nitrogen and oxygen atoms in total. The predicted molar refractivity (Wildman–Crippen MR) is 140 cm³/mol. The molecule has 1 saturated carbocycles. The van der Waals surface area contributed by atoms with Crippen molar-refractivity contribution in [2.75, 3.05) is 6.61 Å². The van der Waals surface area contributed by atoms with Crippen molar-refractivity contribution in [3.63, 3.8) is 0 Å². The molecule has 1 fully saturated rings. The summed E-state index contributed by atoms with van der Waals surface area (Å²) in [6, 6.07) is 0. The van der Waals surface area contributed by atoms with Crippen LogP contribution in [-0.4, -0.2) is 12.6 Å². The lowest BCUT2D eigenvalue weighted by Crippen LogP contribution is -2.15. The van der Waals surface area contributed by atoms with E-state index in [0.29, 0.717) is 6.61 Å². The SMILES string of the molecule is CCCCCCCCCCCCCCCCCCCCCCCCOC(=O)C1CCCC1. The lowest BCUT2D eigenvalue weighted by molar-refractivity contribution is -0.148. The Morgan fingerprint density at radius 3 is 1.19 bits per heavy atom. The largest absolute Gasteiger partial charge is 0.465 e. The summed E-state index contributed by atoms with van der Waals surface area (Å²) in [5, 5.41) is 0. The van der Waals surface area contributed by atoms with Crippen LogP contribution in [0.2, 0.25) is 0 Å². The molecule has 1 rings (SSSR count). The van der Waals surface area contributed by atoms with E-state index in [0.717, 1.165) is 19.3 Å². The summed E-state index contributed by atoms with van der Waals surface area (Å²) >= 11 is 0. The van der Waals surface area contributed by atoms with E-state index in [1.165, 1.54) is 148 Å². The van der Waals surface area contributed by atoms with Gasteiger partial charge in [0.15, 0.2) is 0 Å². The van der Waals surface area contributed by atoms with Gasteiger partial charge in [0.05, 0.1) is 12.5 Å². The van der Waals surface area contributed by atoms with Crippen LogP contribution < -0.4 is 0 Å². The highest BCUT2D eigenvalue weighted by Crippen LogP contribution is 2.25. The number of carbonyl (C=O) groups is 1. The Morgan fingerprint density at radius 2 is 0.844 bits per heavy atom. The van der Waals surface area contributed by atoms with Crippen molar-refractivity contribution >= 4 is 5.97 Å². The van der Waals surface area contributed by atoms with Crippen molar-refractivity contribution in [3.8, 4) is 0 Å². The zero-order valence-electron chi connectivity index (χ0n) is 22.0. The molecule has 0 unspecified atom stereocenters. The second-order valence-electron chi connectivity index (χ2n) is 10.6. The van der Waals surface area contributed by atoms with Gasteiger partial charge in [0, 0.05) is 0 Å². The molecular weight excluding hydrogens is 392 g/mol. The average molecular weight is 451 g/mol. The molecule has 0 aromatic carbocycles. The topological polar surface area (TPSA) is 26.3 Å². The van der Waals surface area contributed by atoms with Crippen molar-refractivity contribution in [1.82, 2.24) is 0 Å². The van der Waals surface area contributed by atoms with Gasteiger partial charge in [-0.2, -0.15) is 0 Å². The Morgan fingerprint density at radius 1 is 0.531 bits per heavy atom. The quantitative estimate of drug-likeness (QED) is 0.108. The molecule has 0 heterocycles. The van der Waals surface area contributed by atoms with E-state index in [-0.39, 0.29) is 11.9 Å². The van der Waals surface area contributed by atoms with Crippen LogP contribution in [0.3, 0.4) is 0 Å². The number of hydrogen-bond acceptors (Lipinski definition) is 2. The van der Waals surface area contributed by atoms with Crippen LogP contribution in [0.5, 0.6) is 0 Å². The van der Waals surface area contributed by atoms with E-state index >= 15 is 0 Å². The van der Waals surface area contributed by atoms with Gasteiger partial charge in [-0.3, -0.25) is 4.79 Å². The van der Waals surface area contributed by atoms with Crippen LogP contribution in [0.25, 0.3) is 0 Å². The molecule has 0 N–H and O–H groups in total. The first-order valence-corrected chi connectivity index (χ1v) is 15.0. The lowest BCUT2D eigenvalue weighted by atomic mass is 10.0. The van der Waals surface area contributed by atoms with Crippen LogP contribution in [0.15, 0.2) is 0 Å². The van der Waals surface area contributed by atoms with Crippen LogP contribution in [-0.2, 0) is 9.53 Å². The van der Waals surface area contributed by atoms with E-state index in [1.54, 1.807) is 0 Å². The average Bonchev–Trinajstić information content (AvgIpc) is 3.34. The molecule has 0 aliphatic heterocycles. The van der Waals surface area contributed by atoms with Crippen molar-refractivity contribution < 1.29 is 9.53 Å². The number of esters is 1. The van der Waals surface area contributed by atoms with Gasteiger partial charge in [0.25, 0.3) is 0 Å². The monoisotopic (exact) mass is 450 g/mol. The van der Waals surface area contributed by atoms with Gasteiger partial charge in [-0.15, -0.1) is 0 Å². The minimum Gasteiger partial charge on any atom is -0.465 e. The van der Waals surface area contributed by atoms with E-state index < -0.39 is 0 Å². The molecule has 0 spiro atoms. The van der Waals surface area contributed by atoms with Gasteiger partial charge in [0.2, 0.25) is 0 Å². The zero-order valence-corrected chi connectivity index (χ0v) is 22.0. The molecule has 0 saturated heterocycles. The fraction of sp³-hybridized carbons (Fsp3) is 0.967. The summed E-state index contributed by atoms with van der Waals surface area (Å²) in [7, 11) is 0. The Labute approximate surface area is 202 Å². The highest BCUT2D eigenvalue weighted by atomic mass is 16.5. The summed E-state index contributed by atoms with van der Waals surface area (Å²) in [4.78, 5) is 11.8. The van der Waals surface area contributed by atoms with E-state index in [2.05, 4.69) is 6.92 Å². The summed E-state index contributed by atoms with van der Waals surface area (Å²) in [5.41, 5.74) is 0. The first-order valence-electron chi connectivity index (χ1n) is 15.0. The molecule has 0 bridgehead atoms. The fourth-order valence-corrected chi connectivity index (χ4v) is 5.16. The molecule has 0 aromatic rings. The molecular formula is C30H58O2. The maximum Gasteiger partial charge on any atom is 0.308 e. The summed E-state index contributed by atoms with van der Waals surface area (Å²) in [5.74, 6) is 0.292. The third-order valence-electron chi connectivity index (χ3n) is 7.43. The van der Waals surface area contributed by atoms with Crippen LogP contribution in [0, 0.1) is 5.92 Å². The van der Waals surface area contributed by atoms with Gasteiger partial charge < -0.3 is 4.74 Å². The Balaban J connectivity index is 1.65. The highest BCUT2D eigenvalue weighted by molar-refractivity contribution is 5.72. The number of rotatable bonds is 24. The van der Waals surface area contributed by atoms with Crippen molar-refractivity contribution in [3.05, 3.63) is 0 Å². The fourth-order valence-electron chi connectivity index (χ4n) is 5.16. The maximum absolute atomic E-state index is 11.8. The summed E-state index contributed by atoms with van der Waals surface area (Å²) < 4.78 is 5.43. The van der Waals surface area contributed by atoms with E-state index in [1.807, 2.05) is 0 Å². The number of carbonyl (C=O) groups excluding carboxylic acids is 1. The number of unbranched alkanes of at least 4 members (excludes halogenated alkanes) is 21. The summed E-state index contributed by atoms with van der Waals surface area (Å²) in [6.07, 6.45) is 35.5. The van der Waals surface area contributed by atoms with E-state index in [9.17, 15) is 4.79 Å². The molecule has 190 valence electrons. The van der Waals surface area contributed by atoms with Gasteiger partial charge in [0.1, 0.15) is 0 Å². The van der Waals surface area contributed by atoms with Crippen molar-refractivity contribution in [2.45, 2.75) is 174 Å². The van der Waals surface area contributed by atoms with Crippen molar-refractivity contribution in [2.24, 2.45) is 5.92 Å². The van der Waals surface area contributed by atoms with E-state index in [4.69, 9.17) is 4.74 Å².